The van der Waals surface area contributed by atoms with Gasteiger partial charge >= 0.3 is 0 Å². The van der Waals surface area contributed by atoms with Crippen molar-refractivity contribution in [2.75, 3.05) is 24.6 Å². The van der Waals surface area contributed by atoms with Gasteiger partial charge in [-0.3, -0.25) is 19.4 Å². The van der Waals surface area contributed by atoms with E-state index >= 15 is 0 Å². The minimum atomic E-state index is -0.196. The Kier molecular flexibility index (Phi) is 8.41. The highest BCUT2D eigenvalue weighted by atomic mass is 32.1. The first-order valence-corrected chi connectivity index (χ1v) is 12.5. The van der Waals surface area contributed by atoms with Crippen molar-refractivity contribution in [2.24, 2.45) is 0 Å². The van der Waals surface area contributed by atoms with E-state index < -0.39 is 0 Å². The van der Waals surface area contributed by atoms with Crippen LogP contribution in [0.4, 0.5) is 10.8 Å². The zero-order valence-corrected chi connectivity index (χ0v) is 20.8. The topological polar surface area (TPSA) is 74.8 Å². The van der Waals surface area contributed by atoms with Gasteiger partial charge < -0.3 is 10.1 Å². The number of ether oxygens (including phenoxy) is 1. The first kappa shape index (κ1) is 24.8. The van der Waals surface area contributed by atoms with Crippen molar-refractivity contribution < 1.29 is 14.3 Å². The Bertz CT molecular complexity index is 1180. The molecule has 0 radical (unpaired) electrons. The summed E-state index contributed by atoms with van der Waals surface area (Å²) in [5, 5.41) is 5.32. The molecule has 1 aliphatic heterocycles. The number of anilines is 2. The summed E-state index contributed by atoms with van der Waals surface area (Å²) >= 11 is 1.36. The van der Waals surface area contributed by atoms with E-state index in [2.05, 4.69) is 34.3 Å². The molecule has 0 spiro atoms. The second-order valence-corrected chi connectivity index (χ2v) is 9.37. The van der Waals surface area contributed by atoms with E-state index in [4.69, 9.17) is 4.74 Å². The molecule has 0 saturated carbocycles. The Hall–Kier alpha value is -3.33. The second kappa shape index (κ2) is 11.9. The number of hydrogen-bond acceptors (Lipinski definition) is 6. The van der Waals surface area contributed by atoms with Gasteiger partial charge in [-0.1, -0.05) is 42.5 Å². The summed E-state index contributed by atoms with van der Waals surface area (Å²) in [6.45, 7) is 7.56. The number of morpholine rings is 1. The molecule has 1 aromatic heterocycles. The van der Waals surface area contributed by atoms with Gasteiger partial charge in [0.2, 0.25) is 11.8 Å². The first-order valence-electron chi connectivity index (χ1n) is 11.7. The average Bonchev–Trinajstić information content (AvgIpc) is 3.30. The monoisotopic (exact) mass is 490 g/mol. The number of para-hydroxylation sites is 1. The largest absolute Gasteiger partial charge is 0.376 e. The first-order chi connectivity index (χ1) is 17.0. The van der Waals surface area contributed by atoms with Crippen molar-refractivity contribution >= 4 is 40.0 Å². The van der Waals surface area contributed by atoms with Crippen molar-refractivity contribution in [2.45, 2.75) is 33.0 Å². The van der Waals surface area contributed by atoms with E-state index in [0.717, 1.165) is 37.5 Å². The zero-order valence-electron chi connectivity index (χ0n) is 20.0. The molecule has 8 heteroatoms. The molecule has 2 aromatic carbocycles. The number of hydrogen-bond donors (Lipinski definition) is 1. The predicted molar refractivity (Wildman–Crippen MR) is 139 cm³/mol. The zero-order chi connectivity index (χ0) is 24.6. The fourth-order valence-electron chi connectivity index (χ4n) is 4.00. The van der Waals surface area contributed by atoms with Gasteiger partial charge in [-0.25, -0.2) is 4.98 Å². The van der Waals surface area contributed by atoms with E-state index in [9.17, 15) is 9.59 Å². The minimum Gasteiger partial charge on any atom is -0.376 e. The van der Waals surface area contributed by atoms with Gasteiger partial charge in [-0.05, 0) is 36.3 Å². The molecule has 4 rings (SSSR count). The number of aromatic nitrogens is 1. The van der Waals surface area contributed by atoms with Crippen LogP contribution in [-0.2, 0) is 27.4 Å². The van der Waals surface area contributed by atoms with E-state index in [1.165, 1.54) is 29.9 Å². The highest BCUT2D eigenvalue weighted by Crippen LogP contribution is 2.29. The SMILES string of the molecule is CC(=O)N(c1ccccc1)c1nc(/C=C/C(=O)NCc2cccc(CN3CCOC(C)C3)c2)cs1. The molecule has 1 N–H and O–H groups in total. The van der Waals surface area contributed by atoms with Crippen molar-refractivity contribution in [3.8, 4) is 0 Å². The van der Waals surface area contributed by atoms with Crippen molar-refractivity contribution in [3.63, 3.8) is 0 Å². The molecular weight excluding hydrogens is 460 g/mol. The standard InChI is InChI=1S/C27H30N4O3S/c1-20-17-30(13-14-34-20)18-23-8-6-7-22(15-23)16-28-26(33)12-11-24-19-35-27(29-24)31(21(2)32)25-9-4-3-5-10-25/h3-12,15,19-20H,13-14,16-18H2,1-2H3,(H,28,33)/b12-11+. The maximum absolute atomic E-state index is 12.4. The Morgan fingerprint density at radius 3 is 2.77 bits per heavy atom. The van der Waals surface area contributed by atoms with Crippen LogP contribution >= 0.6 is 11.3 Å². The number of benzene rings is 2. The Labute approximate surface area is 210 Å². The van der Waals surface area contributed by atoms with Gasteiger partial charge in [0.1, 0.15) is 0 Å². The quantitative estimate of drug-likeness (QED) is 0.475. The maximum atomic E-state index is 12.4. The molecule has 1 saturated heterocycles. The number of thiazole rings is 1. The Morgan fingerprint density at radius 1 is 1.20 bits per heavy atom. The number of amides is 2. The van der Waals surface area contributed by atoms with Gasteiger partial charge in [0, 0.05) is 44.6 Å². The molecular formula is C27H30N4O3S. The van der Waals surface area contributed by atoms with Crippen LogP contribution in [0.15, 0.2) is 66.1 Å². The molecule has 2 amide bonds. The normalized spacial score (nSPS) is 16.3. The summed E-state index contributed by atoms with van der Waals surface area (Å²) in [7, 11) is 0. The van der Waals surface area contributed by atoms with Crippen molar-refractivity contribution in [1.82, 2.24) is 15.2 Å². The van der Waals surface area contributed by atoms with Crippen molar-refractivity contribution in [3.05, 3.63) is 82.9 Å². The Balaban J connectivity index is 1.31. The summed E-state index contributed by atoms with van der Waals surface area (Å²) in [6, 6.07) is 17.7. The van der Waals surface area contributed by atoms with Crippen LogP contribution in [0, 0.1) is 0 Å². The third-order valence-corrected chi connectivity index (χ3v) is 6.47. The molecule has 3 aromatic rings. The highest BCUT2D eigenvalue weighted by molar-refractivity contribution is 7.14. The number of nitrogens with one attached hydrogen (secondary N) is 1. The molecule has 7 nitrogen and oxygen atoms in total. The fraction of sp³-hybridized carbons (Fsp3) is 0.296. The average molecular weight is 491 g/mol. The summed E-state index contributed by atoms with van der Waals surface area (Å²) in [4.78, 5) is 33.0. The van der Waals surface area contributed by atoms with Crippen molar-refractivity contribution in [1.29, 1.82) is 0 Å². The molecule has 1 fully saturated rings. The molecule has 1 atom stereocenters. The summed E-state index contributed by atoms with van der Waals surface area (Å²) in [6.07, 6.45) is 3.39. The molecule has 1 unspecified atom stereocenters. The third-order valence-electron chi connectivity index (χ3n) is 5.63. The van der Waals surface area contributed by atoms with E-state index in [0.29, 0.717) is 17.4 Å². The van der Waals surface area contributed by atoms with Crippen LogP contribution in [0.5, 0.6) is 0 Å². The van der Waals surface area contributed by atoms with Crippen LogP contribution in [0.1, 0.15) is 30.7 Å². The van der Waals surface area contributed by atoms with E-state index in [1.54, 1.807) is 11.0 Å². The fourth-order valence-corrected chi connectivity index (χ4v) is 4.85. The second-order valence-electron chi connectivity index (χ2n) is 8.53. The number of nitrogens with zero attached hydrogens (tertiary/aromatic N) is 3. The third kappa shape index (κ3) is 7.08. The van der Waals surface area contributed by atoms with Gasteiger partial charge in [0.15, 0.2) is 5.13 Å². The molecule has 182 valence electrons. The predicted octanol–water partition coefficient (Wildman–Crippen LogP) is 4.38. The van der Waals surface area contributed by atoms with Crippen LogP contribution in [-0.4, -0.2) is 47.5 Å². The van der Waals surface area contributed by atoms with Gasteiger partial charge in [0.25, 0.3) is 0 Å². The lowest BCUT2D eigenvalue weighted by Crippen LogP contribution is -2.40. The molecule has 0 bridgehead atoms. The molecule has 1 aliphatic rings. The van der Waals surface area contributed by atoms with Crippen LogP contribution < -0.4 is 10.2 Å². The lowest BCUT2D eigenvalue weighted by molar-refractivity contribution is -0.117. The van der Waals surface area contributed by atoms with Crippen LogP contribution in [0.2, 0.25) is 0 Å². The van der Waals surface area contributed by atoms with E-state index in [1.807, 2.05) is 47.8 Å². The summed E-state index contributed by atoms with van der Waals surface area (Å²) in [5.74, 6) is -0.317. The Morgan fingerprint density at radius 2 is 2.00 bits per heavy atom. The van der Waals surface area contributed by atoms with Gasteiger partial charge in [0.05, 0.1) is 24.1 Å². The molecule has 0 aliphatic carbocycles. The van der Waals surface area contributed by atoms with Crippen LogP contribution in [0.3, 0.4) is 0 Å². The lowest BCUT2D eigenvalue weighted by Gasteiger charge is -2.31. The lowest BCUT2D eigenvalue weighted by atomic mass is 10.1. The highest BCUT2D eigenvalue weighted by Gasteiger charge is 2.18. The molecule has 35 heavy (non-hydrogen) atoms. The van der Waals surface area contributed by atoms with E-state index in [-0.39, 0.29) is 17.9 Å². The number of carbonyl (C=O) groups is 2. The van der Waals surface area contributed by atoms with Gasteiger partial charge in [-0.2, -0.15) is 0 Å². The molecule has 2 heterocycles. The number of rotatable bonds is 8. The summed E-state index contributed by atoms with van der Waals surface area (Å²) < 4.78 is 5.62. The van der Waals surface area contributed by atoms with Crippen LogP contribution in [0.25, 0.3) is 6.08 Å². The maximum Gasteiger partial charge on any atom is 0.244 e. The smallest absolute Gasteiger partial charge is 0.244 e. The number of carbonyl (C=O) groups excluding carboxylic acids is 2. The summed E-state index contributed by atoms with van der Waals surface area (Å²) in [5.41, 5.74) is 3.67. The minimum absolute atomic E-state index is 0.121. The van der Waals surface area contributed by atoms with Gasteiger partial charge in [-0.15, -0.1) is 11.3 Å².